The van der Waals surface area contributed by atoms with Crippen molar-refractivity contribution in [1.82, 2.24) is 0 Å². The van der Waals surface area contributed by atoms with Crippen LogP contribution in [-0.4, -0.2) is 13.0 Å². The largest absolute Gasteiger partial charge is 0.295 e. The molecule has 0 aliphatic heterocycles. The van der Waals surface area contributed by atoms with E-state index >= 15 is 0 Å². The molecule has 0 atom stereocenters. The molecule has 0 bridgehead atoms. The van der Waals surface area contributed by atoms with Crippen LogP contribution in [0, 0.1) is 0 Å². The highest BCUT2D eigenvalue weighted by Crippen LogP contribution is 2.16. The van der Waals surface area contributed by atoms with E-state index < -0.39 is 10.1 Å². The molecule has 0 fully saturated rings. The lowest BCUT2D eigenvalue weighted by Gasteiger charge is -2.01. The minimum atomic E-state index is -4.12. The Balaban J connectivity index is 3.24. The van der Waals surface area contributed by atoms with Crippen LogP contribution in [0.4, 0.5) is 0 Å². The van der Waals surface area contributed by atoms with Crippen molar-refractivity contribution in [2.45, 2.75) is 18.2 Å². The Kier molecular flexibility index (Phi) is 3.43. The fraction of sp³-hybridized carbons (Fsp3) is 0.200. The Labute approximate surface area is 83.8 Å². The standard InChI is InChI=1S/C10H12O3S/c1-2-3-6-9-7-4-5-8-10(9)14(11,12)13/h3-8H,2H2,1H3,(H,11,12,13). The van der Waals surface area contributed by atoms with E-state index in [0.717, 1.165) is 6.42 Å². The number of rotatable bonds is 3. The average Bonchev–Trinajstić information content (AvgIpc) is 2.14. The van der Waals surface area contributed by atoms with Gasteiger partial charge in [-0.25, -0.2) is 0 Å². The lowest BCUT2D eigenvalue weighted by molar-refractivity contribution is 0.483. The summed E-state index contributed by atoms with van der Waals surface area (Å²) in [5.41, 5.74) is 0.511. The molecular formula is C10H12O3S. The summed E-state index contributed by atoms with van der Waals surface area (Å²) in [5, 5.41) is 0. The van der Waals surface area contributed by atoms with E-state index in [1.807, 2.05) is 13.0 Å². The van der Waals surface area contributed by atoms with E-state index in [2.05, 4.69) is 0 Å². The second kappa shape index (κ2) is 4.39. The first kappa shape index (κ1) is 10.9. The van der Waals surface area contributed by atoms with Crippen LogP contribution in [0.2, 0.25) is 0 Å². The summed E-state index contributed by atoms with van der Waals surface area (Å²) in [6, 6.07) is 6.33. The Bertz CT molecular complexity index is 432. The molecule has 1 N–H and O–H groups in total. The predicted molar refractivity (Wildman–Crippen MR) is 55.6 cm³/mol. The van der Waals surface area contributed by atoms with Gasteiger partial charge in [-0.3, -0.25) is 4.55 Å². The molecule has 1 rings (SSSR count). The predicted octanol–water partition coefficient (Wildman–Crippen LogP) is 2.36. The maximum Gasteiger partial charge on any atom is 0.295 e. The number of hydrogen-bond acceptors (Lipinski definition) is 2. The monoisotopic (exact) mass is 212 g/mol. The van der Waals surface area contributed by atoms with Gasteiger partial charge in [0.2, 0.25) is 0 Å². The Morgan fingerprint density at radius 1 is 1.36 bits per heavy atom. The molecule has 0 heterocycles. The summed E-state index contributed by atoms with van der Waals surface area (Å²) in [6.45, 7) is 1.95. The van der Waals surface area contributed by atoms with E-state index in [9.17, 15) is 8.42 Å². The molecule has 3 nitrogen and oxygen atoms in total. The second-order valence-corrected chi connectivity index (χ2v) is 4.21. The second-order valence-electron chi connectivity index (χ2n) is 2.82. The first-order valence-electron chi connectivity index (χ1n) is 4.28. The van der Waals surface area contributed by atoms with Crippen molar-refractivity contribution >= 4 is 16.2 Å². The minimum absolute atomic E-state index is 0.0512. The van der Waals surface area contributed by atoms with Gasteiger partial charge in [-0.05, 0) is 18.1 Å². The van der Waals surface area contributed by atoms with Gasteiger partial charge in [-0.15, -0.1) is 0 Å². The van der Waals surface area contributed by atoms with E-state index in [1.54, 1.807) is 24.3 Å². The van der Waals surface area contributed by atoms with E-state index in [4.69, 9.17) is 4.55 Å². The molecule has 4 heteroatoms. The maximum atomic E-state index is 10.9. The summed E-state index contributed by atoms with van der Waals surface area (Å²) in [4.78, 5) is -0.0512. The SMILES string of the molecule is CCC=Cc1ccccc1S(=O)(=O)O. The van der Waals surface area contributed by atoms with E-state index in [0.29, 0.717) is 5.56 Å². The van der Waals surface area contributed by atoms with Crippen LogP contribution in [0.1, 0.15) is 18.9 Å². The molecule has 0 aromatic heterocycles. The summed E-state index contributed by atoms with van der Waals surface area (Å²) < 4.78 is 30.8. The van der Waals surface area contributed by atoms with Gasteiger partial charge in [-0.1, -0.05) is 37.3 Å². The van der Waals surface area contributed by atoms with Crippen molar-refractivity contribution in [3.8, 4) is 0 Å². The molecule has 0 saturated carbocycles. The summed E-state index contributed by atoms with van der Waals surface area (Å²) in [7, 11) is -4.12. The number of hydrogen-bond donors (Lipinski definition) is 1. The van der Waals surface area contributed by atoms with E-state index in [-0.39, 0.29) is 4.90 Å². The smallest absolute Gasteiger partial charge is 0.282 e. The number of benzene rings is 1. The molecular weight excluding hydrogens is 200 g/mol. The average molecular weight is 212 g/mol. The minimum Gasteiger partial charge on any atom is -0.282 e. The lowest BCUT2D eigenvalue weighted by atomic mass is 10.2. The van der Waals surface area contributed by atoms with Gasteiger partial charge in [-0.2, -0.15) is 8.42 Å². The first-order valence-corrected chi connectivity index (χ1v) is 5.72. The maximum absolute atomic E-state index is 10.9. The van der Waals surface area contributed by atoms with Crippen LogP contribution in [0.3, 0.4) is 0 Å². The van der Waals surface area contributed by atoms with Gasteiger partial charge in [0.05, 0.1) is 0 Å². The van der Waals surface area contributed by atoms with Crippen LogP contribution in [0.15, 0.2) is 35.2 Å². The van der Waals surface area contributed by atoms with Crippen molar-refractivity contribution < 1.29 is 13.0 Å². The highest BCUT2D eigenvalue weighted by Gasteiger charge is 2.11. The van der Waals surface area contributed by atoms with Crippen molar-refractivity contribution in [3.63, 3.8) is 0 Å². The third-order valence-electron chi connectivity index (χ3n) is 1.73. The van der Waals surface area contributed by atoms with Gasteiger partial charge in [0.25, 0.3) is 10.1 Å². The molecule has 1 aromatic rings. The van der Waals surface area contributed by atoms with Crippen LogP contribution in [-0.2, 0) is 10.1 Å². The van der Waals surface area contributed by atoms with Crippen LogP contribution < -0.4 is 0 Å². The van der Waals surface area contributed by atoms with E-state index in [1.165, 1.54) is 6.07 Å². The van der Waals surface area contributed by atoms with Crippen molar-refractivity contribution in [1.29, 1.82) is 0 Å². The first-order chi connectivity index (χ1) is 6.55. The molecule has 0 amide bonds. The molecule has 0 aliphatic rings. The zero-order chi connectivity index (χ0) is 10.6. The van der Waals surface area contributed by atoms with Gasteiger partial charge in [0, 0.05) is 0 Å². The zero-order valence-electron chi connectivity index (χ0n) is 7.84. The van der Waals surface area contributed by atoms with Crippen molar-refractivity contribution in [2.24, 2.45) is 0 Å². The molecule has 0 spiro atoms. The van der Waals surface area contributed by atoms with Crippen LogP contribution in [0.25, 0.3) is 6.08 Å². The normalized spacial score (nSPS) is 12.1. The van der Waals surface area contributed by atoms with Crippen LogP contribution >= 0.6 is 0 Å². The Hall–Kier alpha value is -1.13. The molecule has 0 unspecified atom stereocenters. The van der Waals surface area contributed by atoms with Crippen molar-refractivity contribution in [2.75, 3.05) is 0 Å². The van der Waals surface area contributed by atoms with Gasteiger partial charge >= 0.3 is 0 Å². The third kappa shape index (κ3) is 2.68. The highest BCUT2D eigenvalue weighted by atomic mass is 32.2. The molecule has 0 aliphatic carbocycles. The molecule has 76 valence electrons. The highest BCUT2D eigenvalue weighted by molar-refractivity contribution is 7.85. The zero-order valence-corrected chi connectivity index (χ0v) is 8.66. The summed E-state index contributed by atoms with van der Waals surface area (Å²) in [5.74, 6) is 0. The Morgan fingerprint density at radius 2 is 2.00 bits per heavy atom. The molecule has 14 heavy (non-hydrogen) atoms. The molecule has 1 aromatic carbocycles. The fourth-order valence-corrected chi connectivity index (χ4v) is 1.78. The van der Waals surface area contributed by atoms with Gasteiger partial charge < -0.3 is 0 Å². The lowest BCUT2D eigenvalue weighted by Crippen LogP contribution is -2.00. The fourth-order valence-electron chi connectivity index (χ4n) is 1.10. The van der Waals surface area contributed by atoms with Crippen LogP contribution in [0.5, 0.6) is 0 Å². The third-order valence-corrected chi connectivity index (χ3v) is 2.66. The topological polar surface area (TPSA) is 54.4 Å². The molecule has 0 saturated heterocycles. The van der Waals surface area contributed by atoms with Crippen molar-refractivity contribution in [3.05, 3.63) is 35.9 Å². The van der Waals surface area contributed by atoms with Gasteiger partial charge in [0.15, 0.2) is 0 Å². The molecule has 0 radical (unpaired) electrons. The summed E-state index contributed by atoms with van der Waals surface area (Å²) in [6.07, 6.45) is 4.34. The Morgan fingerprint density at radius 3 is 2.57 bits per heavy atom. The number of allylic oxidation sites excluding steroid dienone is 1. The van der Waals surface area contributed by atoms with Gasteiger partial charge in [0.1, 0.15) is 4.90 Å². The summed E-state index contributed by atoms with van der Waals surface area (Å²) >= 11 is 0. The quantitative estimate of drug-likeness (QED) is 0.782.